The highest BCUT2D eigenvalue weighted by atomic mass is 32.1. The van der Waals surface area contributed by atoms with E-state index in [1.165, 1.54) is 4.88 Å². The van der Waals surface area contributed by atoms with E-state index in [0.717, 1.165) is 36.0 Å². The molecule has 0 radical (unpaired) electrons. The number of nitriles is 1. The second-order valence-corrected chi connectivity index (χ2v) is 10.8. The van der Waals surface area contributed by atoms with Crippen molar-refractivity contribution in [2.45, 2.75) is 46.0 Å². The number of fused-ring (bicyclic) bond motifs is 3. The van der Waals surface area contributed by atoms with Crippen LogP contribution in [0.4, 0.5) is 5.00 Å². The van der Waals surface area contributed by atoms with Gasteiger partial charge in [-0.05, 0) is 48.3 Å². The molecule has 0 fully saturated rings. The summed E-state index contributed by atoms with van der Waals surface area (Å²) in [5.41, 5.74) is 3.68. The number of benzene rings is 2. The largest absolute Gasteiger partial charge is 0.457 e. The van der Waals surface area contributed by atoms with Crippen LogP contribution in [0.15, 0.2) is 48.5 Å². The monoisotopic (exact) mass is 442 g/mol. The first kappa shape index (κ1) is 20.8. The predicted molar refractivity (Wildman–Crippen MR) is 127 cm³/mol. The third kappa shape index (κ3) is 3.49. The number of rotatable bonds is 2. The zero-order chi connectivity index (χ0) is 22.5. The quantitative estimate of drug-likeness (QED) is 0.483. The minimum atomic E-state index is -0.482. The van der Waals surface area contributed by atoms with Gasteiger partial charge in [-0.3, -0.25) is 4.79 Å². The minimum Gasteiger partial charge on any atom is -0.457 e. The Balaban J connectivity index is 1.50. The average molecular weight is 443 g/mol. The number of hydrogen-bond donors (Lipinski definition) is 1. The summed E-state index contributed by atoms with van der Waals surface area (Å²) in [4.78, 5) is 14.9. The molecule has 0 bridgehead atoms. The molecule has 2 heterocycles. The van der Waals surface area contributed by atoms with Crippen LogP contribution in [-0.2, 0) is 17.6 Å². The van der Waals surface area contributed by atoms with Gasteiger partial charge in [0.25, 0.3) is 0 Å². The van der Waals surface area contributed by atoms with Gasteiger partial charge in [0.05, 0.1) is 11.5 Å². The van der Waals surface area contributed by atoms with Crippen LogP contribution in [-0.4, -0.2) is 5.91 Å². The molecule has 1 aliphatic heterocycles. The lowest BCUT2D eigenvalue weighted by atomic mass is 9.72. The van der Waals surface area contributed by atoms with Crippen LogP contribution in [0.3, 0.4) is 0 Å². The third-order valence-electron chi connectivity index (χ3n) is 6.78. The summed E-state index contributed by atoms with van der Waals surface area (Å²) in [5.74, 6) is 1.37. The number of amides is 1. The van der Waals surface area contributed by atoms with Crippen molar-refractivity contribution in [3.05, 3.63) is 75.7 Å². The van der Waals surface area contributed by atoms with Gasteiger partial charge in [0.2, 0.25) is 5.91 Å². The smallest absolute Gasteiger partial charge is 0.237 e. The van der Waals surface area contributed by atoms with Gasteiger partial charge in [-0.15, -0.1) is 11.3 Å². The lowest BCUT2D eigenvalue weighted by Crippen LogP contribution is -2.26. The van der Waals surface area contributed by atoms with Gasteiger partial charge in [-0.2, -0.15) is 5.26 Å². The molecule has 1 aliphatic carbocycles. The highest BCUT2D eigenvalue weighted by Crippen LogP contribution is 2.47. The summed E-state index contributed by atoms with van der Waals surface area (Å²) in [6.07, 6.45) is 2.95. The van der Waals surface area contributed by atoms with Gasteiger partial charge >= 0.3 is 0 Å². The van der Waals surface area contributed by atoms with E-state index in [1.54, 1.807) is 11.3 Å². The van der Waals surface area contributed by atoms with E-state index in [2.05, 4.69) is 32.2 Å². The Labute approximate surface area is 192 Å². The zero-order valence-electron chi connectivity index (χ0n) is 18.6. The molecule has 3 aromatic rings. The molecule has 0 saturated heterocycles. The van der Waals surface area contributed by atoms with Gasteiger partial charge in [0.1, 0.15) is 22.6 Å². The third-order valence-corrected chi connectivity index (χ3v) is 7.95. The maximum atomic E-state index is 13.6. The molecule has 0 spiro atoms. The fraction of sp³-hybridized carbons (Fsp3) is 0.333. The van der Waals surface area contributed by atoms with E-state index in [1.807, 2.05) is 48.5 Å². The molecular weight excluding hydrogens is 416 g/mol. The fourth-order valence-electron chi connectivity index (χ4n) is 4.91. The molecule has 1 aromatic heterocycles. The fourth-order valence-corrected chi connectivity index (χ4v) is 6.19. The van der Waals surface area contributed by atoms with Crippen LogP contribution in [0.5, 0.6) is 11.5 Å². The number of nitrogens with zero attached hydrogens (tertiary/aromatic N) is 1. The first-order valence-corrected chi connectivity index (χ1v) is 11.9. The molecule has 5 heteroatoms. The van der Waals surface area contributed by atoms with E-state index < -0.39 is 5.92 Å². The number of hydrogen-bond acceptors (Lipinski definition) is 4. The molecule has 1 amide bonds. The Kier molecular flexibility index (Phi) is 5.06. The number of anilines is 1. The van der Waals surface area contributed by atoms with Crippen molar-refractivity contribution in [3.8, 4) is 17.6 Å². The lowest BCUT2D eigenvalue weighted by molar-refractivity contribution is -0.116. The summed E-state index contributed by atoms with van der Waals surface area (Å²) >= 11 is 1.58. The van der Waals surface area contributed by atoms with Crippen LogP contribution in [0, 0.1) is 22.7 Å². The SMILES string of the molecule is CC(C)(C)[C@@H]1CCc2c(sc(NC(=O)C3c4ccccc4Oc4ccccc43)c2C#N)C1. The lowest BCUT2D eigenvalue weighted by Gasteiger charge is -2.33. The van der Waals surface area contributed by atoms with Crippen molar-refractivity contribution in [1.29, 1.82) is 5.26 Å². The minimum absolute atomic E-state index is 0.129. The van der Waals surface area contributed by atoms with Crippen LogP contribution < -0.4 is 10.1 Å². The molecule has 162 valence electrons. The number of nitrogens with one attached hydrogen (secondary N) is 1. The second-order valence-electron chi connectivity index (χ2n) is 9.73. The molecule has 5 rings (SSSR count). The van der Waals surface area contributed by atoms with Crippen molar-refractivity contribution in [2.24, 2.45) is 11.3 Å². The van der Waals surface area contributed by atoms with E-state index in [4.69, 9.17) is 4.74 Å². The van der Waals surface area contributed by atoms with E-state index in [0.29, 0.717) is 28.0 Å². The molecular formula is C27H26N2O2S. The molecule has 2 aromatic carbocycles. The maximum absolute atomic E-state index is 13.6. The molecule has 0 saturated carbocycles. The summed E-state index contributed by atoms with van der Waals surface area (Å²) in [7, 11) is 0. The molecule has 4 nitrogen and oxygen atoms in total. The Bertz CT molecular complexity index is 1200. The predicted octanol–water partition coefficient (Wildman–Crippen LogP) is 6.65. The van der Waals surface area contributed by atoms with Crippen LogP contribution >= 0.6 is 11.3 Å². The number of thiophene rings is 1. The van der Waals surface area contributed by atoms with Crippen molar-refractivity contribution in [3.63, 3.8) is 0 Å². The molecule has 1 N–H and O–H groups in total. The number of ether oxygens (including phenoxy) is 1. The average Bonchev–Trinajstić information content (AvgIpc) is 3.12. The molecule has 32 heavy (non-hydrogen) atoms. The summed E-state index contributed by atoms with van der Waals surface area (Å²) < 4.78 is 6.03. The first-order chi connectivity index (χ1) is 15.4. The van der Waals surface area contributed by atoms with Crippen LogP contribution in [0.2, 0.25) is 0 Å². The topological polar surface area (TPSA) is 62.1 Å². The maximum Gasteiger partial charge on any atom is 0.237 e. The van der Waals surface area contributed by atoms with E-state index in [-0.39, 0.29) is 11.3 Å². The van der Waals surface area contributed by atoms with Gasteiger partial charge in [-0.1, -0.05) is 57.2 Å². The van der Waals surface area contributed by atoms with E-state index in [9.17, 15) is 10.1 Å². The van der Waals surface area contributed by atoms with E-state index >= 15 is 0 Å². The molecule has 0 unspecified atom stereocenters. The Morgan fingerprint density at radius 2 is 1.72 bits per heavy atom. The number of carbonyl (C=O) groups is 1. The normalized spacial score (nSPS) is 17.4. The van der Waals surface area contributed by atoms with Crippen molar-refractivity contribution in [1.82, 2.24) is 0 Å². The highest BCUT2D eigenvalue weighted by Gasteiger charge is 2.35. The van der Waals surface area contributed by atoms with Gasteiger partial charge in [0, 0.05) is 16.0 Å². The number of para-hydroxylation sites is 2. The van der Waals surface area contributed by atoms with Crippen LogP contribution in [0.25, 0.3) is 0 Å². The van der Waals surface area contributed by atoms with Crippen molar-refractivity contribution >= 4 is 22.2 Å². The van der Waals surface area contributed by atoms with Crippen molar-refractivity contribution in [2.75, 3.05) is 5.32 Å². The van der Waals surface area contributed by atoms with Crippen LogP contribution in [0.1, 0.15) is 60.2 Å². The molecule has 2 aliphatic rings. The first-order valence-electron chi connectivity index (χ1n) is 11.1. The Morgan fingerprint density at radius 1 is 1.09 bits per heavy atom. The summed E-state index contributed by atoms with van der Waals surface area (Å²) in [5, 5.41) is 13.7. The zero-order valence-corrected chi connectivity index (χ0v) is 19.4. The second kappa shape index (κ2) is 7.79. The standard InChI is InChI=1S/C27H26N2O2S/c1-27(2,3)16-12-13-17-20(15-28)26(32-23(17)14-16)29-25(30)24-18-8-4-6-10-21(18)31-22-11-7-5-9-19(22)24/h4-11,16,24H,12-14H2,1-3H3,(H,29,30)/t16-/m1/s1. The Morgan fingerprint density at radius 3 is 2.31 bits per heavy atom. The summed E-state index contributed by atoms with van der Waals surface area (Å²) in [6, 6.07) is 17.7. The Hall–Kier alpha value is -3.10. The van der Waals surface area contributed by atoms with Gasteiger partial charge in [-0.25, -0.2) is 0 Å². The van der Waals surface area contributed by atoms with Gasteiger partial charge < -0.3 is 10.1 Å². The van der Waals surface area contributed by atoms with Crippen molar-refractivity contribution < 1.29 is 9.53 Å². The van der Waals surface area contributed by atoms with Gasteiger partial charge in [0.15, 0.2) is 0 Å². The number of carbonyl (C=O) groups excluding carboxylic acids is 1. The molecule has 1 atom stereocenters. The highest BCUT2D eigenvalue weighted by molar-refractivity contribution is 7.16. The summed E-state index contributed by atoms with van der Waals surface area (Å²) in [6.45, 7) is 6.85.